The summed E-state index contributed by atoms with van der Waals surface area (Å²) in [5.41, 5.74) is -0.180. The topological polar surface area (TPSA) is 91.1 Å². The molecule has 120 valence electrons. The second kappa shape index (κ2) is 7.63. The molecule has 1 heterocycles. The van der Waals surface area contributed by atoms with Crippen molar-refractivity contribution < 1.29 is 9.59 Å². The average Bonchev–Trinajstić information content (AvgIpc) is 2.48. The minimum atomic E-state index is -0.549. The van der Waals surface area contributed by atoms with Gasteiger partial charge in [-0.25, -0.2) is 0 Å². The van der Waals surface area contributed by atoms with Crippen LogP contribution in [0.15, 0.2) is 39.7 Å². The number of hydrogen-bond donors (Lipinski definition) is 3. The molecule has 0 radical (unpaired) electrons. The van der Waals surface area contributed by atoms with Gasteiger partial charge in [0.25, 0.3) is 11.5 Å². The van der Waals surface area contributed by atoms with Gasteiger partial charge in [-0.15, -0.1) is 0 Å². The third kappa shape index (κ3) is 4.82. The molecule has 0 atom stereocenters. The molecule has 0 aliphatic heterocycles. The predicted molar refractivity (Wildman–Crippen MR) is 92.2 cm³/mol. The predicted octanol–water partition coefficient (Wildman–Crippen LogP) is 2.81. The maximum absolute atomic E-state index is 12.0. The Balaban J connectivity index is 1.97. The van der Waals surface area contributed by atoms with Gasteiger partial charge in [-0.2, -0.15) is 0 Å². The van der Waals surface area contributed by atoms with Crippen molar-refractivity contribution in [3.05, 3.63) is 60.9 Å². The fourth-order valence-corrected chi connectivity index (χ4v) is 2.51. The molecule has 1 aromatic carbocycles. The molecule has 0 aliphatic carbocycles. The van der Waals surface area contributed by atoms with Crippen LogP contribution in [-0.2, 0) is 4.79 Å². The lowest BCUT2D eigenvalue weighted by Crippen LogP contribution is -2.34. The number of nitrogens with one attached hydrogen (secondary N) is 3. The van der Waals surface area contributed by atoms with E-state index in [4.69, 9.17) is 23.2 Å². The molecule has 6 nitrogen and oxygen atoms in total. The van der Waals surface area contributed by atoms with E-state index in [1.54, 1.807) is 0 Å². The van der Waals surface area contributed by atoms with Crippen LogP contribution in [0.1, 0.15) is 10.4 Å². The fourth-order valence-electron chi connectivity index (χ4n) is 1.67. The van der Waals surface area contributed by atoms with E-state index < -0.39 is 17.4 Å². The monoisotopic (exact) mass is 417 g/mol. The van der Waals surface area contributed by atoms with Crippen LogP contribution in [0.3, 0.4) is 0 Å². The molecule has 0 fully saturated rings. The molecule has 0 bridgehead atoms. The maximum atomic E-state index is 12.0. The number of anilines is 1. The average molecular weight is 419 g/mol. The van der Waals surface area contributed by atoms with E-state index in [9.17, 15) is 14.4 Å². The molecule has 3 N–H and O–H groups in total. The van der Waals surface area contributed by atoms with Crippen LogP contribution < -0.4 is 16.2 Å². The summed E-state index contributed by atoms with van der Waals surface area (Å²) in [6.07, 6.45) is 1.45. The van der Waals surface area contributed by atoms with Crippen LogP contribution in [0, 0.1) is 0 Å². The number of carbonyl (C=O) groups is 2. The zero-order valence-electron chi connectivity index (χ0n) is 11.5. The lowest BCUT2D eigenvalue weighted by molar-refractivity contribution is -0.115. The Kier molecular flexibility index (Phi) is 5.81. The molecule has 0 saturated heterocycles. The van der Waals surface area contributed by atoms with Gasteiger partial charge in [-0.05, 0) is 40.2 Å². The number of halogens is 3. The number of benzene rings is 1. The number of pyridine rings is 1. The second-order valence-electron chi connectivity index (χ2n) is 4.42. The Morgan fingerprint density at radius 1 is 1.22 bits per heavy atom. The first-order valence-corrected chi connectivity index (χ1v) is 7.83. The smallest absolute Gasteiger partial charge is 0.271 e. The summed E-state index contributed by atoms with van der Waals surface area (Å²) in [7, 11) is 0. The van der Waals surface area contributed by atoms with E-state index in [1.165, 1.54) is 30.5 Å². The number of rotatable bonds is 4. The standard InChI is InChI=1S/C14H10BrCl2N3O3/c15-7-3-11(14(23)18-5-7)20-12(21)6-19-13(22)9-2-1-8(16)4-10(9)17/h1-5H,6H2,(H,18,23)(H,19,22)(H,20,21). The Bertz CT molecular complexity index is 823. The summed E-state index contributed by atoms with van der Waals surface area (Å²) in [6.45, 7) is -0.316. The van der Waals surface area contributed by atoms with Gasteiger partial charge in [0.15, 0.2) is 0 Å². The Morgan fingerprint density at radius 3 is 2.65 bits per heavy atom. The van der Waals surface area contributed by atoms with Crippen LogP contribution in [0.4, 0.5) is 5.69 Å². The first kappa shape index (κ1) is 17.5. The lowest BCUT2D eigenvalue weighted by Gasteiger charge is -2.08. The summed E-state index contributed by atoms with van der Waals surface area (Å²) in [5, 5.41) is 5.39. The van der Waals surface area contributed by atoms with Gasteiger partial charge < -0.3 is 15.6 Å². The largest absolute Gasteiger partial charge is 0.343 e. The number of amides is 2. The van der Waals surface area contributed by atoms with Gasteiger partial charge in [0, 0.05) is 15.7 Å². The molecule has 2 amide bonds. The van der Waals surface area contributed by atoms with Crippen molar-refractivity contribution in [1.82, 2.24) is 10.3 Å². The molecule has 0 saturated carbocycles. The van der Waals surface area contributed by atoms with E-state index in [2.05, 4.69) is 31.5 Å². The van der Waals surface area contributed by atoms with Crippen molar-refractivity contribution in [3.63, 3.8) is 0 Å². The van der Waals surface area contributed by atoms with Gasteiger partial charge in [0.05, 0.1) is 17.1 Å². The van der Waals surface area contributed by atoms with Crippen molar-refractivity contribution in [2.75, 3.05) is 11.9 Å². The quantitative estimate of drug-likeness (QED) is 0.712. The highest BCUT2D eigenvalue weighted by molar-refractivity contribution is 9.10. The third-order valence-electron chi connectivity index (χ3n) is 2.73. The van der Waals surface area contributed by atoms with Gasteiger partial charge in [-0.3, -0.25) is 14.4 Å². The van der Waals surface area contributed by atoms with Crippen LogP contribution in [0.25, 0.3) is 0 Å². The van der Waals surface area contributed by atoms with Crippen LogP contribution in [0.2, 0.25) is 10.0 Å². The highest BCUT2D eigenvalue weighted by Crippen LogP contribution is 2.20. The number of H-pyrrole nitrogens is 1. The number of aromatic nitrogens is 1. The summed E-state index contributed by atoms with van der Waals surface area (Å²) < 4.78 is 0.601. The molecular formula is C14H10BrCl2N3O3. The van der Waals surface area contributed by atoms with E-state index in [-0.39, 0.29) is 22.8 Å². The van der Waals surface area contributed by atoms with Crippen LogP contribution in [0.5, 0.6) is 0 Å². The highest BCUT2D eigenvalue weighted by Gasteiger charge is 2.13. The van der Waals surface area contributed by atoms with Crippen LogP contribution in [-0.4, -0.2) is 23.3 Å². The van der Waals surface area contributed by atoms with E-state index in [1.807, 2.05) is 0 Å². The molecule has 0 spiro atoms. The summed E-state index contributed by atoms with van der Waals surface area (Å²) >= 11 is 14.8. The zero-order chi connectivity index (χ0) is 17.0. The summed E-state index contributed by atoms with van der Waals surface area (Å²) in [6, 6.07) is 5.86. The number of aromatic amines is 1. The zero-order valence-corrected chi connectivity index (χ0v) is 14.6. The molecular weight excluding hydrogens is 409 g/mol. The Morgan fingerprint density at radius 2 is 1.96 bits per heavy atom. The van der Waals surface area contributed by atoms with Gasteiger partial charge >= 0.3 is 0 Å². The first-order valence-electron chi connectivity index (χ1n) is 6.28. The Hall–Kier alpha value is -1.83. The van der Waals surface area contributed by atoms with Crippen molar-refractivity contribution in [3.8, 4) is 0 Å². The molecule has 2 aromatic rings. The van der Waals surface area contributed by atoms with E-state index in [0.717, 1.165) is 0 Å². The van der Waals surface area contributed by atoms with Gasteiger partial charge in [0.2, 0.25) is 5.91 Å². The van der Waals surface area contributed by atoms with Crippen molar-refractivity contribution in [2.24, 2.45) is 0 Å². The summed E-state index contributed by atoms with van der Waals surface area (Å²) in [4.78, 5) is 37.7. The fraction of sp³-hybridized carbons (Fsp3) is 0.0714. The first-order chi connectivity index (χ1) is 10.9. The maximum Gasteiger partial charge on any atom is 0.271 e. The van der Waals surface area contributed by atoms with Crippen molar-refractivity contribution >= 4 is 56.6 Å². The molecule has 0 unspecified atom stereocenters. The van der Waals surface area contributed by atoms with Crippen molar-refractivity contribution in [2.45, 2.75) is 0 Å². The van der Waals surface area contributed by atoms with E-state index >= 15 is 0 Å². The highest BCUT2D eigenvalue weighted by atomic mass is 79.9. The number of hydrogen-bond acceptors (Lipinski definition) is 3. The Labute approximate surface area is 149 Å². The van der Waals surface area contributed by atoms with E-state index in [0.29, 0.717) is 9.50 Å². The van der Waals surface area contributed by atoms with Gasteiger partial charge in [0.1, 0.15) is 5.69 Å². The molecule has 23 heavy (non-hydrogen) atoms. The normalized spacial score (nSPS) is 10.2. The lowest BCUT2D eigenvalue weighted by atomic mass is 10.2. The SMILES string of the molecule is O=C(CNC(=O)c1ccc(Cl)cc1Cl)Nc1cc(Br)c[nH]c1=O. The van der Waals surface area contributed by atoms with Gasteiger partial charge in [-0.1, -0.05) is 23.2 Å². The molecule has 2 rings (SSSR count). The molecule has 1 aromatic heterocycles. The molecule has 0 aliphatic rings. The second-order valence-corrected chi connectivity index (χ2v) is 6.18. The van der Waals surface area contributed by atoms with Crippen LogP contribution >= 0.6 is 39.1 Å². The third-order valence-corrected chi connectivity index (χ3v) is 3.73. The minimum Gasteiger partial charge on any atom is -0.343 e. The minimum absolute atomic E-state index is 0.0724. The molecule has 9 heteroatoms. The van der Waals surface area contributed by atoms with Crippen molar-refractivity contribution in [1.29, 1.82) is 0 Å². The summed E-state index contributed by atoms with van der Waals surface area (Å²) in [5.74, 6) is -1.07. The number of carbonyl (C=O) groups excluding carboxylic acids is 2.